The fourth-order valence-electron chi connectivity index (χ4n) is 4.57. The van der Waals surface area contributed by atoms with Gasteiger partial charge in [0.25, 0.3) is 0 Å². The largest absolute Gasteiger partial charge is 0.457 e. The van der Waals surface area contributed by atoms with E-state index in [1.807, 2.05) is 72.8 Å². The van der Waals surface area contributed by atoms with Crippen molar-refractivity contribution in [3.05, 3.63) is 121 Å². The van der Waals surface area contributed by atoms with Gasteiger partial charge < -0.3 is 26.0 Å². The fraction of sp³-hybridized carbons (Fsp3) is 0.278. The van der Waals surface area contributed by atoms with Crippen LogP contribution in [0.3, 0.4) is 0 Å². The summed E-state index contributed by atoms with van der Waals surface area (Å²) in [5.41, 5.74) is 8.12. The Morgan fingerprint density at radius 2 is 1.80 bits per heavy atom. The molecule has 3 aromatic rings. The highest BCUT2D eigenvalue weighted by molar-refractivity contribution is 6.29. The van der Waals surface area contributed by atoms with Crippen molar-refractivity contribution < 1.29 is 9.53 Å². The van der Waals surface area contributed by atoms with Gasteiger partial charge in [-0.15, -0.1) is 0 Å². The summed E-state index contributed by atoms with van der Waals surface area (Å²) < 4.78 is 5.89. The standard InChI is InChI=1S/C33H37N7O2.C3H8/c1-3-36-33(31(24(2)34)32(35)25-16-18-28(19-17-25)42-27-12-5-4-6-13-27)39-26-11-10-22-40(23-26)30(41)15-9-21-38-29-14-7-8-20-37-29;1-3-2/h3-9,12-20,26,35H,1,10-11,21-23,34H2,2H3,(H,36,39)(H,37,38);3H2,1-2H3/b15-9+,31-24+,35-32?;. The Morgan fingerprint density at radius 1 is 1.11 bits per heavy atom. The van der Waals surface area contributed by atoms with Gasteiger partial charge in [0.15, 0.2) is 0 Å². The van der Waals surface area contributed by atoms with Gasteiger partial charge in [0.2, 0.25) is 5.91 Å². The lowest BCUT2D eigenvalue weighted by atomic mass is 9.99. The summed E-state index contributed by atoms with van der Waals surface area (Å²) in [4.78, 5) is 23.8. The van der Waals surface area contributed by atoms with Crippen LogP contribution in [0.15, 0.2) is 120 Å². The second-order valence-corrected chi connectivity index (χ2v) is 10.5. The molecule has 1 fully saturated rings. The molecule has 1 saturated heterocycles. The number of hydrogen-bond acceptors (Lipinski definition) is 7. The van der Waals surface area contributed by atoms with Gasteiger partial charge in [-0.2, -0.15) is 0 Å². The number of aromatic nitrogens is 1. The highest BCUT2D eigenvalue weighted by atomic mass is 16.5. The van der Waals surface area contributed by atoms with E-state index >= 15 is 0 Å². The molecule has 0 bridgehead atoms. The van der Waals surface area contributed by atoms with Crippen molar-refractivity contribution in [1.82, 2.24) is 15.2 Å². The molecular weight excluding hydrogens is 562 g/mol. The number of nitrogens with two attached hydrogens (primary N) is 1. The molecular formula is C36H45N7O2. The first-order valence-corrected chi connectivity index (χ1v) is 15.3. The zero-order valence-corrected chi connectivity index (χ0v) is 26.5. The predicted octanol–water partition coefficient (Wildman–Crippen LogP) is 6.68. The van der Waals surface area contributed by atoms with Crippen LogP contribution in [0.25, 0.3) is 0 Å². The average Bonchev–Trinajstić information content (AvgIpc) is 3.05. The predicted molar refractivity (Wildman–Crippen MR) is 185 cm³/mol. The van der Waals surface area contributed by atoms with Gasteiger partial charge in [-0.1, -0.05) is 57.2 Å². The van der Waals surface area contributed by atoms with Crippen LogP contribution in [0.4, 0.5) is 5.82 Å². The SMILES string of the molecule is C=CNC(=NC1CCCN(C(=O)/C=C/CNc2ccccn2)C1)/C(C(=N)c1ccc(Oc2ccccc2)cc1)=C(\C)N.CCC. The van der Waals surface area contributed by atoms with E-state index in [0.29, 0.717) is 48.1 Å². The van der Waals surface area contributed by atoms with Gasteiger partial charge >= 0.3 is 0 Å². The first-order chi connectivity index (χ1) is 21.9. The number of allylic oxidation sites excluding steroid dienone is 1. The van der Waals surface area contributed by atoms with Gasteiger partial charge in [0.05, 0.1) is 17.3 Å². The number of para-hydroxylation sites is 1. The van der Waals surface area contributed by atoms with E-state index in [2.05, 4.69) is 36.0 Å². The number of hydrogen-bond donors (Lipinski definition) is 4. The Hall–Kier alpha value is -5.18. The number of nitrogens with zero attached hydrogens (tertiary/aromatic N) is 3. The molecule has 236 valence electrons. The molecule has 1 atom stereocenters. The zero-order valence-electron chi connectivity index (χ0n) is 26.5. The van der Waals surface area contributed by atoms with E-state index in [4.69, 9.17) is 20.9 Å². The number of rotatable bonds is 11. The number of amidine groups is 1. The smallest absolute Gasteiger partial charge is 0.246 e. The van der Waals surface area contributed by atoms with E-state index in [1.165, 1.54) is 12.6 Å². The van der Waals surface area contributed by atoms with E-state index < -0.39 is 0 Å². The lowest BCUT2D eigenvalue weighted by Gasteiger charge is -2.31. The van der Waals surface area contributed by atoms with Gasteiger partial charge in [0.1, 0.15) is 23.2 Å². The molecule has 4 rings (SSSR count). The Bertz CT molecular complexity index is 1460. The van der Waals surface area contributed by atoms with Crippen LogP contribution in [0.2, 0.25) is 0 Å². The molecule has 1 unspecified atom stereocenters. The van der Waals surface area contributed by atoms with Gasteiger partial charge in [-0.25, -0.2) is 4.98 Å². The molecule has 5 N–H and O–H groups in total. The van der Waals surface area contributed by atoms with E-state index in [-0.39, 0.29) is 17.7 Å². The van der Waals surface area contributed by atoms with Crippen molar-refractivity contribution in [3.63, 3.8) is 0 Å². The van der Waals surface area contributed by atoms with Crippen LogP contribution < -0.4 is 21.1 Å². The van der Waals surface area contributed by atoms with Crippen LogP contribution in [0.5, 0.6) is 11.5 Å². The molecule has 1 aliphatic rings. The molecule has 1 amide bonds. The van der Waals surface area contributed by atoms with Crippen LogP contribution in [-0.2, 0) is 4.79 Å². The number of carbonyl (C=O) groups is 1. The maximum absolute atomic E-state index is 12.9. The van der Waals surface area contributed by atoms with Crippen molar-refractivity contribution in [2.24, 2.45) is 10.7 Å². The number of aliphatic imine (C=N–C) groups is 1. The first-order valence-electron chi connectivity index (χ1n) is 15.3. The highest BCUT2D eigenvalue weighted by Gasteiger charge is 2.24. The number of ether oxygens (including phenoxy) is 1. The lowest BCUT2D eigenvalue weighted by Crippen LogP contribution is -2.42. The van der Waals surface area contributed by atoms with Crippen molar-refractivity contribution in [2.45, 2.75) is 46.1 Å². The Kier molecular flexibility index (Phi) is 14.1. The molecule has 2 heterocycles. The Morgan fingerprint density at radius 3 is 2.44 bits per heavy atom. The normalized spacial score (nSPS) is 15.3. The summed E-state index contributed by atoms with van der Waals surface area (Å²) in [5.74, 6) is 2.55. The molecule has 9 heteroatoms. The summed E-state index contributed by atoms with van der Waals surface area (Å²) in [7, 11) is 0. The third-order valence-electron chi connectivity index (χ3n) is 6.59. The Balaban J connectivity index is 0.00000177. The van der Waals surface area contributed by atoms with Crippen LogP contribution in [0, 0.1) is 5.41 Å². The number of anilines is 1. The van der Waals surface area contributed by atoms with E-state index in [0.717, 1.165) is 24.4 Å². The van der Waals surface area contributed by atoms with Crippen molar-refractivity contribution >= 4 is 23.3 Å². The summed E-state index contributed by atoms with van der Waals surface area (Å²) in [5, 5.41) is 15.2. The van der Waals surface area contributed by atoms with Crippen LogP contribution >= 0.6 is 0 Å². The number of piperidine rings is 1. The summed E-state index contributed by atoms with van der Waals surface area (Å²) >= 11 is 0. The number of nitrogens with one attached hydrogen (secondary N) is 3. The third kappa shape index (κ3) is 11.1. The number of likely N-dealkylation sites (tertiary alicyclic amines) is 1. The highest BCUT2D eigenvalue weighted by Crippen LogP contribution is 2.23. The molecule has 0 radical (unpaired) electrons. The monoisotopic (exact) mass is 607 g/mol. The minimum absolute atomic E-state index is 0.0627. The maximum Gasteiger partial charge on any atom is 0.246 e. The van der Waals surface area contributed by atoms with Crippen molar-refractivity contribution in [3.8, 4) is 11.5 Å². The lowest BCUT2D eigenvalue weighted by molar-refractivity contribution is -0.127. The number of benzene rings is 2. The molecule has 1 aromatic heterocycles. The second kappa shape index (κ2) is 18.5. The van der Waals surface area contributed by atoms with Crippen LogP contribution in [-0.4, -0.2) is 53.0 Å². The summed E-state index contributed by atoms with van der Waals surface area (Å²) in [6.45, 7) is 11.4. The number of carbonyl (C=O) groups excluding carboxylic acids is 1. The molecule has 2 aromatic carbocycles. The minimum Gasteiger partial charge on any atom is -0.457 e. The van der Waals surface area contributed by atoms with E-state index in [9.17, 15) is 4.79 Å². The molecule has 0 aliphatic carbocycles. The zero-order chi connectivity index (χ0) is 32.4. The van der Waals surface area contributed by atoms with Gasteiger partial charge in [0, 0.05) is 43.2 Å². The molecule has 1 aliphatic heterocycles. The van der Waals surface area contributed by atoms with Gasteiger partial charge in [-0.3, -0.25) is 15.2 Å². The first kappa shape index (κ1) is 34.3. The summed E-state index contributed by atoms with van der Waals surface area (Å²) in [6.07, 6.45) is 9.50. The van der Waals surface area contributed by atoms with Crippen molar-refractivity contribution in [1.29, 1.82) is 5.41 Å². The molecule has 0 saturated carbocycles. The minimum atomic E-state index is -0.158. The Labute approximate surface area is 267 Å². The number of amides is 1. The maximum atomic E-state index is 12.9. The summed E-state index contributed by atoms with van der Waals surface area (Å²) in [6, 6.07) is 22.3. The second-order valence-electron chi connectivity index (χ2n) is 10.5. The van der Waals surface area contributed by atoms with Crippen molar-refractivity contribution in [2.75, 3.05) is 25.0 Å². The quantitative estimate of drug-likeness (QED) is 0.109. The molecule has 9 nitrogen and oxygen atoms in total. The third-order valence-corrected chi connectivity index (χ3v) is 6.59. The molecule has 45 heavy (non-hydrogen) atoms. The topological polar surface area (TPSA) is 129 Å². The number of pyridine rings is 1. The average molecular weight is 608 g/mol. The van der Waals surface area contributed by atoms with Crippen LogP contribution in [0.1, 0.15) is 45.6 Å². The fourth-order valence-corrected chi connectivity index (χ4v) is 4.57. The van der Waals surface area contributed by atoms with E-state index in [1.54, 1.807) is 30.2 Å². The molecule has 0 spiro atoms. The van der Waals surface area contributed by atoms with Gasteiger partial charge in [-0.05, 0) is 74.5 Å².